The maximum Gasteiger partial charge on any atom is 0.243 e. The van der Waals surface area contributed by atoms with E-state index in [1.807, 2.05) is 50.2 Å². The van der Waals surface area contributed by atoms with Crippen molar-refractivity contribution in [3.8, 4) is 0 Å². The van der Waals surface area contributed by atoms with Crippen LogP contribution < -0.4 is 16.0 Å². The predicted molar refractivity (Wildman–Crippen MR) is 113 cm³/mol. The molecule has 2 aromatic rings. The van der Waals surface area contributed by atoms with Gasteiger partial charge in [0.05, 0.1) is 6.42 Å². The molecular weight excluding hydrogens is 350 g/mol. The van der Waals surface area contributed by atoms with Crippen molar-refractivity contribution in [3.63, 3.8) is 0 Å². The first-order chi connectivity index (χ1) is 13.4. The average molecular weight is 382 g/mol. The number of piperidine rings is 1. The van der Waals surface area contributed by atoms with E-state index in [0.717, 1.165) is 35.8 Å². The summed E-state index contributed by atoms with van der Waals surface area (Å²) in [5, 5.41) is 11.7. The lowest BCUT2D eigenvalue weighted by molar-refractivity contribution is -0.130. The van der Waals surface area contributed by atoms with Gasteiger partial charge in [0.25, 0.3) is 0 Å². The van der Waals surface area contributed by atoms with E-state index in [4.69, 9.17) is 0 Å². The summed E-state index contributed by atoms with van der Waals surface area (Å²) in [7, 11) is 0. The van der Waals surface area contributed by atoms with Gasteiger partial charge < -0.3 is 16.0 Å². The third kappa shape index (κ3) is 5.10. The molecule has 1 saturated heterocycles. The Labute approximate surface area is 167 Å². The molecule has 3 rings (SSSR count). The Morgan fingerprint density at radius 1 is 1.14 bits per heavy atom. The number of fused-ring (bicyclic) bond motifs is 1. The van der Waals surface area contributed by atoms with Crippen molar-refractivity contribution in [2.75, 3.05) is 13.1 Å². The van der Waals surface area contributed by atoms with E-state index in [0.29, 0.717) is 5.92 Å². The van der Waals surface area contributed by atoms with E-state index in [-0.39, 0.29) is 30.2 Å². The second-order valence-corrected chi connectivity index (χ2v) is 8.23. The molecule has 1 heterocycles. The normalized spacial score (nSPS) is 20.7. The van der Waals surface area contributed by atoms with E-state index in [1.54, 1.807) is 0 Å². The van der Waals surface area contributed by atoms with Crippen LogP contribution in [0.2, 0.25) is 0 Å². The molecule has 5 nitrogen and oxygen atoms in total. The number of benzene rings is 2. The summed E-state index contributed by atoms with van der Waals surface area (Å²) in [6.45, 7) is 7.85. The van der Waals surface area contributed by atoms with Crippen LogP contribution in [0.1, 0.15) is 32.8 Å². The number of nitrogens with one attached hydrogen (secondary N) is 3. The molecule has 1 fully saturated rings. The monoisotopic (exact) mass is 381 g/mol. The highest BCUT2D eigenvalue weighted by molar-refractivity contribution is 5.90. The summed E-state index contributed by atoms with van der Waals surface area (Å²) >= 11 is 0. The minimum Gasteiger partial charge on any atom is -0.350 e. The quantitative estimate of drug-likeness (QED) is 0.720. The second kappa shape index (κ2) is 9.20. The molecule has 3 N–H and O–H groups in total. The third-order valence-corrected chi connectivity index (χ3v) is 5.60. The molecule has 0 saturated carbocycles. The summed E-state index contributed by atoms with van der Waals surface area (Å²) in [5.41, 5.74) is 0.948. The number of hydrogen-bond donors (Lipinski definition) is 3. The fourth-order valence-corrected chi connectivity index (χ4v) is 3.75. The van der Waals surface area contributed by atoms with Crippen LogP contribution in [0.5, 0.6) is 0 Å². The summed E-state index contributed by atoms with van der Waals surface area (Å²) in [6.07, 6.45) is 1.31. The van der Waals surface area contributed by atoms with E-state index < -0.39 is 6.04 Å². The standard InChI is InChI=1S/C23H31N3O2/c1-15(2)22(23(28)25-20-14-24-11-10-16(20)3)26-21(27)13-17-8-9-18-6-4-5-7-19(18)12-17/h4-9,12,15-16,20,22,24H,10-11,13-14H2,1-3H3,(H,25,28)(H,26,27). The van der Waals surface area contributed by atoms with E-state index in [1.165, 1.54) is 0 Å². The average Bonchev–Trinajstić information content (AvgIpc) is 2.67. The van der Waals surface area contributed by atoms with E-state index in [9.17, 15) is 9.59 Å². The smallest absolute Gasteiger partial charge is 0.243 e. The molecule has 3 unspecified atom stereocenters. The van der Waals surface area contributed by atoms with Crippen LogP contribution in [0.25, 0.3) is 10.8 Å². The lowest BCUT2D eigenvalue weighted by atomic mass is 9.93. The molecule has 2 aromatic carbocycles. The lowest BCUT2D eigenvalue weighted by Gasteiger charge is -2.32. The molecule has 1 aliphatic rings. The van der Waals surface area contributed by atoms with E-state index in [2.05, 4.69) is 28.9 Å². The summed E-state index contributed by atoms with van der Waals surface area (Å²) in [5.74, 6) is 0.236. The molecule has 5 heteroatoms. The van der Waals surface area contributed by atoms with Gasteiger partial charge in [0.1, 0.15) is 6.04 Å². The van der Waals surface area contributed by atoms with Crippen LogP contribution in [-0.4, -0.2) is 37.0 Å². The Bertz CT molecular complexity index is 833. The van der Waals surface area contributed by atoms with Gasteiger partial charge in [-0.15, -0.1) is 0 Å². The molecule has 150 valence electrons. The Balaban J connectivity index is 1.62. The van der Waals surface area contributed by atoms with Crippen LogP contribution >= 0.6 is 0 Å². The van der Waals surface area contributed by atoms with Crippen molar-refractivity contribution in [1.82, 2.24) is 16.0 Å². The Morgan fingerprint density at radius 2 is 1.89 bits per heavy atom. The van der Waals surface area contributed by atoms with Gasteiger partial charge in [-0.3, -0.25) is 9.59 Å². The number of rotatable bonds is 6. The maximum atomic E-state index is 12.8. The third-order valence-electron chi connectivity index (χ3n) is 5.60. The fraction of sp³-hybridized carbons (Fsp3) is 0.478. The highest BCUT2D eigenvalue weighted by Crippen LogP contribution is 2.16. The highest BCUT2D eigenvalue weighted by atomic mass is 16.2. The zero-order valence-corrected chi connectivity index (χ0v) is 17.0. The van der Waals surface area contributed by atoms with Gasteiger partial charge in [-0.25, -0.2) is 0 Å². The molecular formula is C23H31N3O2. The van der Waals surface area contributed by atoms with Crippen molar-refractivity contribution in [1.29, 1.82) is 0 Å². The highest BCUT2D eigenvalue weighted by Gasteiger charge is 2.29. The molecule has 0 aliphatic carbocycles. The van der Waals surface area contributed by atoms with Gasteiger partial charge in [-0.1, -0.05) is 63.2 Å². The number of carbonyl (C=O) groups excluding carboxylic acids is 2. The first-order valence-electron chi connectivity index (χ1n) is 10.2. The van der Waals surface area contributed by atoms with Gasteiger partial charge in [0.15, 0.2) is 0 Å². The van der Waals surface area contributed by atoms with Gasteiger partial charge in [-0.2, -0.15) is 0 Å². The van der Waals surface area contributed by atoms with Crippen molar-refractivity contribution in [2.45, 2.75) is 45.7 Å². The Morgan fingerprint density at radius 3 is 2.61 bits per heavy atom. The summed E-state index contributed by atoms with van der Waals surface area (Å²) in [4.78, 5) is 25.4. The number of carbonyl (C=O) groups is 2. The Hall–Kier alpha value is -2.40. The fourth-order valence-electron chi connectivity index (χ4n) is 3.75. The minimum absolute atomic E-state index is 0.0207. The molecule has 0 bridgehead atoms. The van der Waals surface area contributed by atoms with Crippen LogP contribution in [0, 0.1) is 11.8 Å². The first-order valence-corrected chi connectivity index (χ1v) is 10.2. The summed E-state index contributed by atoms with van der Waals surface area (Å²) in [6, 6.07) is 13.7. The zero-order chi connectivity index (χ0) is 20.1. The van der Waals surface area contributed by atoms with Crippen molar-refractivity contribution in [3.05, 3.63) is 48.0 Å². The van der Waals surface area contributed by atoms with Crippen molar-refractivity contribution >= 4 is 22.6 Å². The molecule has 0 spiro atoms. The van der Waals surface area contributed by atoms with Crippen LogP contribution in [0.4, 0.5) is 0 Å². The first kappa shape index (κ1) is 20.3. The van der Waals surface area contributed by atoms with Crippen molar-refractivity contribution in [2.24, 2.45) is 11.8 Å². The Kier molecular flexibility index (Phi) is 6.68. The molecule has 3 atom stereocenters. The topological polar surface area (TPSA) is 70.2 Å². The van der Waals surface area contributed by atoms with E-state index >= 15 is 0 Å². The van der Waals surface area contributed by atoms with Crippen LogP contribution in [-0.2, 0) is 16.0 Å². The van der Waals surface area contributed by atoms with Gasteiger partial charge in [0, 0.05) is 12.6 Å². The largest absolute Gasteiger partial charge is 0.350 e. The van der Waals surface area contributed by atoms with Gasteiger partial charge >= 0.3 is 0 Å². The number of amides is 2. The SMILES string of the molecule is CC(C)C(NC(=O)Cc1ccc2ccccc2c1)C(=O)NC1CNCCC1C. The lowest BCUT2D eigenvalue weighted by Crippen LogP contribution is -2.57. The van der Waals surface area contributed by atoms with Gasteiger partial charge in [-0.05, 0) is 41.1 Å². The number of hydrogen-bond acceptors (Lipinski definition) is 3. The maximum absolute atomic E-state index is 12.8. The minimum atomic E-state index is -0.526. The van der Waals surface area contributed by atoms with Crippen molar-refractivity contribution < 1.29 is 9.59 Å². The van der Waals surface area contributed by atoms with Crippen LogP contribution in [0.3, 0.4) is 0 Å². The molecule has 28 heavy (non-hydrogen) atoms. The van der Waals surface area contributed by atoms with Gasteiger partial charge in [0.2, 0.25) is 11.8 Å². The van der Waals surface area contributed by atoms with Crippen LogP contribution in [0.15, 0.2) is 42.5 Å². The summed E-state index contributed by atoms with van der Waals surface area (Å²) < 4.78 is 0. The molecule has 0 aromatic heterocycles. The zero-order valence-electron chi connectivity index (χ0n) is 17.0. The predicted octanol–water partition coefficient (Wildman–Crippen LogP) is 2.64. The molecule has 1 aliphatic heterocycles. The molecule has 0 radical (unpaired) electrons. The molecule has 2 amide bonds. The second-order valence-electron chi connectivity index (χ2n) is 8.23.